The third-order valence-corrected chi connectivity index (χ3v) is 4.60. The smallest absolute Gasteiger partial charge is 0.227 e. The average molecular weight is 346 g/mol. The van der Waals surface area contributed by atoms with Crippen molar-refractivity contribution in [2.24, 2.45) is 0 Å². The van der Waals surface area contributed by atoms with E-state index >= 15 is 0 Å². The fraction of sp³-hybridized carbons (Fsp3) is 0.444. The minimum Gasteiger partial charge on any atom is -0.369 e. The van der Waals surface area contributed by atoms with Crippen molar-refractivity contribution in [1.82, 2.24) is 14.9 Å². The maximum atomic E-state index is 6.15. The second-order valence-electron chi connectivity index (χ2n) is 6.54. The second kappa shape index (κ2) is 7.36. The van der Waals surface area contributed by atoms with Crippen molar-refractivity contribution in [2.75, 3.05) is 43.4 Å². The highest BCUT2D eigenvalue weighted by Gasteiger charge is 2.14. The molecule has 2 aromatic rings. The van der Waals surface area contributed by atoms with Gasteiger partial charge in [0.05, 0.1) is 16.9 Å². The fourth-order valence-electron chi connectivity index (χ4n) is 2.79. The lowest BCUT2D eigenvalue weighted by Gasteiger charge is -2.34. The van der Waals surface area contributed by atoms with Crippen LogP contribution in [0.5, 0.6) is 0 Å². The monoisotopic (exact) mass is 345 g/mol. The number of likely N-dealkylation sites (N-methyl/N-ethyl adjacent to an activating group) is 1. The molecule has 24 heavy (non-hydrogen) atoms. The highest BCUT2D eigenvalue weighted by Crippen LogP contribution is 2.24. The van der Waals surface area contributed by atoms with E-state index in [0.717, 1.165) is 37.6 Å². The number of anilines is 3. The maximum absolute atomic E-state index is 6.15. The number of hydrogen-bond acceptors (Lipinski definition) is 5. The molecule has 0 aliphatic carbocycles. The van der Waals surface area contributed by atoms with Gasteiger partial charge in [-0.05, 0) is 37.2 Å². The van der Waals surface area contributed by atoms with Gasteiger partial charge in [0, 0.05) is 37.6 Å². The van der Waals surface area contributed by atoms with E-state index in [1.54, 1.807) is 6.20 Å². The summed E-state index contributed by atoms with van der Waals surface area (Å²) in [4.78, 5) is 13.6. The lowest BCUT2D eigenvalue weighted by atomic mass is 10.1. The molecular formula is C18H24ClN5. The molecule has 0 amide bonds. The van der Waals surface area contributed by atoms with E-state index in [1.165, 1.54) is 5.69 Å². The van der Waals surface area contributed by atoms with E-state index in [-0.39, 0.29) is 5.92 Å². The fourth-order valence-corrected chi connectivity index (χ4v) is 3.10. The Bertz CT molecular complexity index is 678. The number of aromatic nitrogens is 2. The Labute approximate surface area is 148 Å². The van der Waals surface area contributed by atoms with Gasteiger partial charge in [-0.25, -0.2) is 9.97 Å². The summed E-state index contributed by atoms with van der Waals surface area (Å²) in [6.07, 6.45) is 1.66. The Morgan fingerprint density at radius 2 is 1.75 bits per heavy atom. The molecule has 1 N–H and O–H groups in total. The summed E-state index contributed by atoms with van der Waals surface area (Å²) in [6.45, 7) is 8.50. The van der Waals surface area contributed by atoms with Crippen LogP contribution in [0.15, 0.2) is 30.5 Å². The van der Waals surface area contributed by atoms with Crippen LogP contribution in [-0.2, 0) is 0 Å². The molecular weight excluding hydrogens is 322 g/mol. The zero-order valence-corrected chi connectivity index (χ0v) is 15.2. The minimum atomic E-state index is 0.264. The molecule has 1 aromatic heterocycles. The summed E-state index contributed by atoms with van der Waals surface area (Å²) in [7, 11) is 2.17. The molecule has 0 unspecified atom stereocenters. The van der Waals surface area contributed by atoms with Crippen LogP contribution in [0.4, 0.5) is 17.3 Å². The van der Waals surface area contributed by atoms with Gasteiger partial charge < -0.3 is 15.1 Å². The van der Waals surface area contributed by atoms with Gasteiger partial charge in [0.2, 0.25) is 5.95 Å². The SMILES string of the molecule is CC(C)c1nc(Nc2ccc(N3CCN(C)CC3)cc2)ncc1Cl. The summed E-state index contributed by atoms with van der Waals surface area (Å²) in [5, 5.41) is 3.87. The Morgan fingerprint density at radius 1 is 1.08 bits per heavy atom. The zero-order chi connectivity index (χ0) is 17.1. The summed E-state index contributed by atoms with van der Waals surface area (Å²) in [5.41, 5.74) is 3.10. The van der Waals surface area contributed by atoms with Gasteiger partial charge in [0.15, 0.2) is 0 Å². The number of piperazine rings is 1. The van der Waals surface area contributed by atoms with Gasteiger partial charge in [-0.1, -0.05) is 25.4 Å². The summed E-state index contributed by atoms with van der Waals surface area (Å²) in [6, 6.07) is 8.43. The van der Waals surface area contributed by atoms with E-state index in [0.29, 0.717) is 11.0 Å². The van der Waals surface area contributed by atoms with Crippen molar-refractivity contribution in [1.29, 1.82) is 0 Å². The highest BCUT2D eigenvalue weighted by molar-refractivity contribution is 6.31. The number of benzene rings is 1. The predicted molar refractivity (Wildman–Crippen MR) is 101 cm³/mol. The van der Waals surface area contributed by atoms with E-state index < -0.39 is 0 Å². The van der Waals surface area contributed by atoms with Crippen molar-refractivity contribution >= 4 is 28.9 Å². The zero-order valence-electron chi connectivity index (χ0n) is 14.5. The lowest BCUT2D eigenvalue weighted by molar-refractivity contribution is 0.313. The van der Waals surface area contributed by atoms with Crippen LogP contribution in [0.1, 0.15) is 25.5 Å². The third-order valence-electron chi connectivity index (χ3n) is 4.31. The molecule has 3 rings (SSSR count). The number of rotatable bonds is 4. The molecule has 0 atom stereocenters. The first kappa shape index (κ1) is 17.0. The van der Waals surface area contributed by atoms with E-state index in [4.69, 9.17) is 11.6 Å². The standard InChI is InChI=1S/C18H24ClN5/c1-13(2)17-16(19)12-20-18(22-17)21-14-4-6-15(7-5-14)24-10-8-23(3)9-11-24/h4-7,12-13H,8-11H2,1-3H3,(H,20,21,22). The Morgan fingerprint density at radius 3 is 2.38 bits per heavy atom. The topological polar surface area (TPSA) is 44.3 Å². The van der Waals surface area contributed by atoms with Crippen LogP contribution in [0, 0.1) is 0 Å². The molecule has 1 saturated heterocycles. The minimum absolute atomic E-state index is 0.264. The van der Waals surface area contributed by atoms with Gasteiger partial charge in [-0.2, -0.15) is 0 Å². The maximum Gasteiger partial charge on any atom is 0.227 e. The normalized spacial score (nSPS) is 15.8. The van der Waals surface area contributed by atoms with Crippen molar-refractivity contribution in [3.8, 4) is 0 Å². The molecule has 5 nitrogen and oxygen atoms in total. The summed E-state index contributed by atoms with van der Waals surface area (Å²) < 4.78 is 0. The van der Waals surface area contributed by atoms with Gasteiger partial charge in [0.25, 0.3) is 0 Å². The number of nitrogens with zero attached hydrogens (tertiary/aromatic N) is 4. The molecule has 6 heteroatoms. The van der Waals surface area contributed by atoms with Crippen molar-refractivity contribution in [3.05, 3.63) is 41.2 Å². The Hall–Kier alpha value is -1.85. The highest BCUT2D eigenvalue weighted by atomic mass is 35.5. The molecule has 1 fully saturated rings. The summed E-state index contributed by atoms with van der Waals surface area (Å²) >= 11 is 6.15. The quantitative estimate of drug-likeness (QED) is 0.914. The molecule has 1 aliphatic heterocycles. The molecule has 2 heterocycles. The predicted octanol–water partition coefficient (Wildman–Crippen LogP) is 3.75. The van der Waals surface area contributed by atoms with Crippen LogP contribution in [0.25, 0.3) is 0 Å². The molecule has 1 aromatic carbocycles. The van der Waals surface area contributed by atoms with Gasteiger partial charge in [-0.3, -0.25) is 0 Å². The summed E-state index contributed by atoms with van der Waals surface area (Å²) in [5.74, 6) is 0.844. The molecule has 0 radical (unpaired) electrons. The van der Waals surface area contributed by atoms with Crippen LogP contribution in [0.2, 0.25) is 5.02 Å². The number of halogens is 1. The van der Waals surface area contributed by atoms with E-state index in [1.807, 2.05) is 0 Å². The van der Waals surface area contributed by atoms with Gasteiger partial charge >= 0.3 is 0 Å². The largest absolute Gasteiger partial charge is 0.369 e. The first-order chi connectivity index (χ1) is 11.5. The lowest BCUT2D eigenvalue weighted by Crippen LogP contribution is -2.44. The van der Waals surface area contributed by atoms with Gasteiger partial charge in [-0.15, -0.1) is 0 Å². The van der Waals surface area contributed by atoms with Crippen LogP contribution in [-0.4, -0.2) is 48.1 Å². The first-order valence-corrected chi connectivity index (χ1v) is 8.74. The van der Waals surface area contributed by atoms with Crippen molar-refractivity contribution < 1.29 is 0 Å². The first-order valence-electron chi connectivity index (χ1n) is 8.36. The Balaban J connectivity index is 1.69. The average Bonchev–Trinajstić information content (AvgIpc) is 2.58. The molecule has 0 saturated carbocycles. The molecule has 0 bridgehead atoms. The van der Waals surface area contributed by atoms with Gasteiger partial charge in [0.1, 0.15) is 0 Å². The Kier molecular flexibility index (Phi) is 5.21. The third kappa shape index (κ3) is 3.97. The van der Waals surface area contributed by atoms with Crippen LogP contribution < -0.4 is 10.2 Å². The van der Waals surface area contributed by atoms with Crippen molar-refractivity contribution in [2.45, 2.75) is 19.8 Å². The van der Waals surface area contributed by atoms with Crippen LogP contribution in [0.3, 0.4) is 0 Å². The second-order valence-corrected chi connectivity index (χ2v) is 6.95. The molecule has 128 valence electrons. The van der Waals surface area contributed by atoms with Crippen LogP contribution >= 0.6 is 11.6 Å². The number of hydrogen-bond donors (Lipinski definition) is 1. The van der Waals surface area contributed by atoms with Crippen molar-refractivity contribution in [3.63, 3.8) is 0 Å². The molecule has 0 spiro atoms. The number of nitrogens with one attached hydrogen (secondary N) is 1. The molecule has 1 aliphatic rings. The van der Waals surface area contributed by atoms with E-state index in [9.17, 15) is 0 Å². The van der Waals surface area contributed by atoms with E-state index in [2.05, 4.69) is 70.2 Å².